The zero-order valence-electron chi connectivity index (χ0n) is 13.4. The van der Waals surface area contributed by atoms with Crippen molar-refractivity contribution in [3.05, 3.63) is 28.8 Å². The zero-order chi connectivity index (χ0) is 16.8. The third kappa shape index (κ3) is 4.86. The summed E-state index contributed by atoms with van der Waals surface area (Å²) in [6, 6.07) is 5.45. The summed E-state index contributed by atoms with van der Waals surface area (Å²) in [4.78, 5) is 23.9. The Kier molecular flexibility index (Phi) is 6.28. The number of esters is 1. The van der Waals surface area contributed by atoms with E-state index in [2.05, 4.69) is 5.32 Å². The van der Waals surface area contributed by atoms with Gasteiger partial charge in [0, 0.05) is 11.1 Å². The predicted molar refractivity (Wildman–Crippen MR) is 87.6 cm³/mol. The standard InChI is InChI=1S/C17H22ClNO4/c1-3-14(4-2)19-16(20)10-23-17(21)12-7-11-8-13(18)5-6-15(11)22-9-12/h5-6,8,12,14H,3-4,7,9-10H2,1-2H3,(H,19,20)/t12-/m1/s1. The van der Waals surface area contributed by atoms with Crippen molar-refractivity contribution in [2.75, 3.05) is 13.2 Å². The van der Waals surface area contributed by atoms with Gasteiger partial charge in [-0.2, -0.15) is 0 Å². The van der Waals surface area contributed by atoms with Crippen LogP contribution in [0.2, 0.25) is 5.02 Å². The molecule has 1 N–H and O–H groups in total. The van der Waals surface area contributed by atoms with E-state index in [4.69, 9.17) is 21.1 Å². The second kappa shape index (κ2) is 8.20. The van der Waals surface area contributed by atoms with Crippen LogP contribution in [-0.2, 0) is 20.7 Å². The molecule has 1 atom stereocenters. The average molecular weight is 340 g/mol. The summed E-state index contributed by atoms with van der Waals surface area (Å²) in [6.07, 6.45) is 2.21. The Morgan fingerprint density at radius 3 is 2.83 bits per heavy atom. The molecule has 0 fully saturated rings. The molecule has 0 bridgehead atoms. The summed E-state index contributed by atoms with van der Waals surface area (Å²) in [5.74, 6) is -0.366. The molecule has 0 spiro atoms. The number of ether oxygens (including phenoxy) is 2. The quantitative estimate of drug-likeness (QED) is 0.809. The number of benzene rings is 1. The molecule has 0 unspecified atom stereocenters. The van der Waals surface area contributed by atoms with Gasteiger partial charge in [-0.25, -0.2) is 0 Å². The van der Waals surface area contributed by atoms with Gasteiger partial charge in [0.2, 0.25) is 0 Å². The third-order valence-electron chi connectivity index (χ3n) is 3.96. The zero-order valence-corrected chi connectivity index (χ0v) is 14.2. The van der Waals surface area contributed by atoms with Gasteiger partial charge in [-0.15, -0.1) is 0 Å². The van der Waals surface area contributed by atoms with Crippen molar-refractivity contribution in [3.63, 3.8) is 0 Å². The summed E-state index contributed by atoms with van der Waals surface area (Å²) in [5, 5.41) is 3.44. The Hall–Kier alpha value is -1.75. The highest BCUT2D eigenvalue weighted by Crippen LogP contribution is 2.30. The summed E-state index contributed by atoms with van der Waals surface area (Å²) in [6.45, 7) is 4.00. The molecule has 6 heteroatoms. The molecule has 0 aromatic heterocycles. The van der Waals surface area contributed by atoms with Crippen molar-refractivity contribution in [3.8, 4) is 5.75 Å². The van der Waals surface area contributed by atoms with Crippen LogP contribution in [-0.4, -0.2) is 31.1 Å². The lowest BCUT2D eigenvalue weighted by Crippen LogP contribution is -2.38. The molecule has 5 nitrogen and oxygen atoms in total. The van der Waals surface area contributed by atoms with E-state index in [1.54, 1.807) is 18.2 Å². The molecular weight excluding hydrogens is 318 g/mol. The minimum Gasteiger partial charge on any atom is -0.492 e. The van der Waals surface area contributed by atoms with Crippen LogP contribution in [0.5, 0.6) is 5.75 Å². The first-order valence-corrected chi connectivity index (χ1v) is 8.28. The van der Waals surface area contributed by atoms with Gasteiger partial charge in [0.15, 0.2) is 6.61 Å². The molecule has 0 aliphatic carbocycles. The topological polar surface area (TPSA) is 64.6 Å². The Bertz CT molecular complexity index is 572. The number of rotatable bonds is 6. The van der Waals surface area contributed by atoms with Crippen molar-refractivity contribution in [2.24, 2.45) is 5.92 Å². The van der Waals surface area contributed by atoms with Crippen molar-refractivity contribution < 1.29 is 19.1 Å². The van der Waals surface area contributed by atoms with Gasteiger partial charge in [-0.1, -0.05) is 25.4 Å². The summed E-state index contributed by atoms with van der Waals surface area (Å²) < 4.78 is 10.7. The molecule has 0 saturated heterocycles. The van der Waals surface area contributed by atoms with Crippen LogP contribution in [0.4, 0.5) is 0 Å². The molecule has 1 aromatic carbocycles. The molecule has 0 radical (unpaired) electrons. The van der Waals surface area contributed by atoms with Crippen LogP contribution in [0.3, 0.4) is 0 Å². The highest BCUT2D eigenvalue weighted by atomic mass is 35.5. The second-order valence-electron chi connectivity index (χ2n) is 5.65. The van der Waals surface area contributed by atoms with Gasteiger partial charge in [-0.05, 0) is 43.0 Å². The van der Waals surface area contributed by atoms with E-state index in [0.29, 0.717) is 11.4 Å². The first kappa shape index (κ1) is 17.6. The molecule has 1 aliphatic heterocycles. The summed E-state index contributed by atoms with van der Waals surface area (Å²) >= 11 is 5.96. The maximum atomic E-state index is 12.1. The molecule has 23 heavy (non-hydrogen) atoms. The van der Waals surface area contributed by atoms with Gasteiger partial charge >= 0.3 is 5.97 Å². The summed E-state index contributed by atoms with van der Waals surface area (Å²) in [5.41, 5.74) is 0.882. The van der Waals surface area contributed by atoms with Crippen LogP contribution in [0, 0.1) is 5.92 Å². The SMILES string of the molecule is CCC(CC)NC(=O)COC(=O)[C@H]1COc2ccc(Cl)cc2C1. The van der Waals surface area contributed by atoms with Crippen molar-refractivity contribution in [1.29, 1.82) is 0 Å². The minimum absolute atomic E-state index is 0.119. The fourth-order valence-corrected chi connectivity index (χ4v) is 2.73. The smallest absolute Gasteiger partial charge is 0.313 e. The Labute approximate surface area is 141 Å². The normalized spacial score (nSPS) is 16.4. The van der Waals surface area contributed by atoms with Gasteiger partial charge < -0.3 is 14.8 Å². The molecule has 2 rings (SSSR count). The summed E-state index contributed by atoms with van der Waals surface area (Å²) in [7, 11) is 0. The maximum Gasteiger partial charge on any atom is 0.313 e. The fraction of sp³-hybridized carbons (Fsp3) is 0.529. The average Bonchev–Trinajstić information content (AvgIpc) is 2.56. The van der Waals surface area contributed by atoms with Crippen LogP contribution < -0.4 is 10.1 Å². The fourth-order valence-electron chi connectivity index (χ4n) is 2.53. The Balaban J connectivity index is 1.84. The highest BCUT2D eigenvalue weighted by Gasteiger charge is 2.28. The third-order valence-corrected chi connectivity index (χ3v) is 4.19. The Morgan fingerprint density at radius 1 is 1.39 bits per heavy atom. The first-order chi connectivity index (χ1) is 11.0. The molecule has 1 heterocycles. The van der Waals surface area contributed by atoms with Crippen LogP contribution >= 0.6 is 11.6 Å². The molecular formula is C17H22ClNO4. The lowest BCUT2D eigenvalue weighted by Gasteiger charge is -2.24. The van der Waals surface area contributed by atoms with Crippen molar-refractivity contribution in [1.82, 2.24) is 5.32 Å². The van der Waals surface area contributed by atoms with Gasteiger partial charge in [-0.3, -0.25) is 9.59 Å². The van der Waals surface area contributed by atoms with Gasteiger partial charge in [0.25, 0.3) is 5.91 Å². The van der Waals surface area contributed by atoms with Gasteiger partial charge in [0.05, 0.1) is 5.92 Å². The van der Waals surface area contributed by atoms with E-state index in [1.807, 2.05) is 13.8 Å². The molecule has 1 aromatic rings. The first-order valence-electron chi connectivity index (χ1n) is 7.90. The number of hydrogen-bond acceptors (Lipinski definition) is 4. The lowest BCUT2D eigenvalue weighted by molar-refractivity contribution is -0.154. The molecule has 0 saturated carbocycles. The van der Waals surface area contributed by atoms with Crippen LogP contribution in [0.15, 0.2) is 18.2 Å². The molecule has 1 aliphatic rings. The number of hydrogen-bond donors (Lipinski definition) is 1. The van der Waals surface area contributed by atoms with E-state index in [9.17, 15) is 9.59 Å². The number of halogens is 1. The molecule has 1 amide bonds. The second-order valence-corrected chi connectivity index (χ2v) is 6.09. The van der Waals surface area contributed by atoms with Crippen molar-refractivity contribution >= 4 is 23.5 Å². The predicted octanol–water partition coefficient (Wildman–Crippen LogP) is 2.74. The van der Waals surface area contributed by atoms with Gasteiger partial charge in [0.1, 0.15) is 12.4 Å². The van der Waals surface area contributed by atoms with Crippen LogP contribution in [0.25, 0.3) is 0 Å². The maximum absolute atomic E-state index is 12.1. The number of amides is 1. The van der Waals surface area contributed by atoms with Crippen LogP contribution in [0.1, 0.15) is 32.3 Å². The lowest BCUT2D eigenvalue weighted by atomic mass is 9.97. The number of carbonyl (C=O) groups excluding carboxylic acids is 2. The minimum atomic E-state index is -0.421. The number of nitrogens with one attached hydrogen (secondary N) is 1. The van der Waals surface area contributed by atoms with E-state index >= 15 is 0 Å². The van der Waals surface area contributed by atoms with E-state index < -0.39 is 11.9 Å². The van der Waals surface area contributed by atoms with E-state index in [1.165, 1.54) is 0 Å². The van der Waals surface area contributed by atoms with Crippen molar-refractivity contribution in [2.45, 2.75) is 39.2 Å². The number of carbonyl (C=O) groups is 2. The van der Waals surface area contributed by atoms with E-state index in [0.717, 1.165) is 24.2 Å². The highest BCUT2D eigenvalue weighted by molar-refractivity contribution is 6.30. The van der Waals surface area contributed by atoms with E-state index in [-0.39, 0.29) is 25.2 Å². The monoisotopic (exact) mass is 339 g/mol. The molecule has 126 valence electrons. The largest absolute Gasteiger partial charge is 0.492 e. The Morgan fingerprint density at radius 2 is 2.13 bits per heavy atom. The number of fused-ring (bicyclic) bond motifs is 1.